The second-order valence-electron chi connectivity index (χ2n) is 6.58. The molecule has 1 aliphatic heterocycles. The van der Waals surface area contributed by atoms with Gasteiger partial charge in [0.1, 0.15) is 0 Å². The number of nitrogens with zero attached hydrogens (tertiary/aromatic N) is 2. The van der Waals surface area contributed by atoms with Crippen molar-refractivity contribution in [1.82, 2.24) is 0 Å². The van der Waals surface area contributed by atoms with E-state index in [2.05, 4.69) is 4.99 Å². The molecule has 1 aromatic heterocycles. The van der Waals surface area contributed by atoms with Crippen molar-refractivity contribution in [2.75, 3.05) is 11.4 Å². The lowest BCUT2D eigenvalue weighted by molar-refractivity contribution is 0.0963. The maximum Gasteiger partial charge on any atom is 0.294 e. The zero-order valence-electron chi connectivity index (χ0n) is 15.2. The van der Waals surface area contributed by atoms with Gasteiger partial charge in [0.15, 0.2) is 16.8 Å². The Morgan fingerprint density at radius 1 is 1.18 bits per heavy atom. The first kappa shape index (κ1) is 18.3. The quantitative estimate of drug-likeness (QED) is 0.664. The number of aliphatic imine (C=N–C) groups is 1. The molecular formula is C21H18N2O4S. The second kappa shape index (κ2) is 7.53. The third kappa shape index (κ3) is 3.67. The summed E-state index contributed by atoms with van der Waals surface area (Å²) in [7, 11) is 0. The molecule has 2 heterocycles. The molecular weight excluding hydrogens is 376 g/mol. The molecule has 0 saturated carbocycles. The summed E-state index contributed by atoms with van der Waals surface area (Å²) in [6, 6.07) is 16.6. The van der Waals surface area contributed by atoms with Gasteiger partial charge in [0.2, 0.25) is 0 Å². The number of carbonyl (C=O) groups excluding carboxylic acids is 1. The number of carbonyl (C=O) groups is 1. The minimum atomic E-state index is -1.87. The molecule has 28 heavy (non-hydrogen) atoms. The van der Waals surface area contributed by atoms with Gasteiger partial charge in [-0.25, -0.2) is 4.21 Å². The number of hydrogen-bond acceptors (Lipinski definition) is 4. The third-order valence-corrected chi connectivity index (χ3v) is 5.10. The number of furan rings is 1. The van der Waals surface area contributed by atoms with E-state index in [0.717, 1.165) is 33.8 Å². The van der Waals surface area contributed by atoms with E-state index in [4.69, 9.17) is 8.97 Å². The van der Waals surface area contributed by atoms with Crippen molar-refractivity contribution >= 4 is 34.1 Å². The molecule has 0 bridgehead atoms. The molecule has 6 nitrogen and oxygen atoms in total. The van der Waals surface area contributed by atoms with Crippen molar-refractivity contribution in [3.63, 3.8) is 0 Å². The summed E-state index contributed by atoms with van der Waals surface area (Å²) in [5.41, 5.74) is 4.98. The molecule has 4 rings (SSSR count). The minimum Gasteiger partial charge on any atom is -0.459 e. The lowest BCUT2D eigenvalue weighted by Gasteiger charge is -2.27. The normalized spacial score (nSPS) is 14.4. The molecule has 2 aromatic carbocycles. The van der Waals surface area contributed by atoms with Crippen LogP contribution < -0.4 is 4.90 Å². The fourth-order valence-corrected chi connectivity index (χ4v) is 3.70. The summed E-state index contributed by atoms with van der Waals surface area (Å²) in [5, 5.41) is 0. The molecule has 1 N–H and O–H groups in total. The van der Waals surface area contributed by atoms with E-state index in [-0.39, 0.29) is 17.4 Å². The lowest BCUT2D eigenvalue weighted by Crippen LogP contribution is -2.36. The Hall–Kier alpha value is -3.03. The minimum absolute atomic E-state index is 0.101. The third-order valence-electron chi connectivity index (χ3n) is 4.52. The molecule has 0 aliphatic carbocycles. The first-order valence-corrected chi connectivity index (χ1v) is 9.99. The van der Waals surface area contributed by atoms with Crippen LogP contribution in [0.15, 0.2) is 70.3 Å². The summed E-state index contributed by atoms with van der Waals surface area (Å²) in [6.45, 7) is 2.29. The molecule has 1 amide bonds. The molecule has 0 saturated heterocycles. The summed E-state index contributed by atoms with van der Waals surface area (Å²) in [4.78, 5) is 19.1. The van der Waals surface area contributed by atoms with E-state index in [1.54, 1.807) is 17.0 Å². The second-order valence-corrected chi connectivity index (χ2v) is 7.51. The van der Waals surface area contributed by atoms with Gasteiger partial charge in [-0.2, -0.15) is 0 Å². The summed E-state index contributed by atoms with van der Waals surface area (Å²) in [5.74, 6) is 0.176. The van der Waals surface area contributed by atoms with Gasteiger partial charge in [-0.3, -0.25) is 14.7 Å². The largest absolute Gasteiger partial charge is 0.459 e. The molecule has 142 valence electrons. The van der Waals surface area contributed by atoms with Crippen LogP contribution in [0.1, 0.15) is 23.0 Å². The van der Waals surface area contributed by atoms with Crippen LogP contribution in [0.3, 0.4) is 0 Å². The first-order valence-electron chi connectivity index (χ1n) is 8.71. The van der Waals surface area contributed by atoms with Gasteiger partial charge in [0.05, 0.1) is 29.9 Å². The fraction of sp³-hybridized carbons (Fsp3) is 0.143. The van der Waals surface area contributed by atoms with Crippen molar-refractivity contribution in [3.8, 4) is 11.1 Å². The van der Waals surface area contributed by atoms with Crippen LogP contribution in [-0.2, 0) is 16.8 Å². The van der Waals surface area contributed by atoms with Gasteiger partial charge < -0.3 is 8.97 Å². The van der Waals surface area contributed by atoms with Crippen molar-refractivity contribution in [2.24, 2.45) is 4.99 Å². The number of fused-ring (bicyclic) bond motifs is 1. The molecule has 3 aromatic rings. The van der Waals surface area contributed by atoms with Crippen LogP contribution in [-0.4, -0.2) is 26.9 Å². The number of anilines is 1. The van der Waals surface area contributed by atoms with Crippen molar-refractivity contribution in [2.45, 2.75) is 12.7 Å². The van der Waals surface area contributed by atoms with Crippen molar-refractivity contribution in [1.29, 1.82) is 0 Å². The molecule has 0 spiro atoms. The van der Waals surface area contributed by atoms with Crippen LogP contribution in [0, 0.1) is 0 Å². The zero-order valence-corrected chi connectivity index (χ0v) is 16.0. The Bertz CT molecular complexity index is 1070. The molecule has 1 atom stereocenters. The maximum absolute atomic E-state index is 12.9. The van der Waals surface area contributed by atoms with E-state index in [1.165, 1.54) is 6.26 Å². The smallest absolute Gasteiger partial charge is 0.294 e. The van der Waals surface area contributed by atoms with Gasteiger partial charge in [-0.1, -0.05) is 30.3 Å². The van der Waals surface area contributed by atoms with Gasteiger partial charge in [0, 0.05) is 5.71 Å². The monoisotopic (exact) mass is 394 g/mol. The summed E-state index contributed by atoms with van der Waals surface area (Å²) < 4.78 is 25.3. The molecule has 1 aliphatic rings. The summed E-state index contributed by atoms with van der Waals surface area (Å²) in [6.07, 6.45) is 1.48. The lowest BCUT2D eigenvalue weighted by atomic mass is 10.0. The number of rotatable bonds is 4. The SMILES string of the molecule is CC1=Nc2ccc(-c3ccc(CS(=O)O)cc3)cc2N(C(=O)c2ccco2)C1. The molecule has 1 unspecified atom stereocenters. The van der Waals surface area contributed by atoms with Crippen LogP contribution in [0.5, 0.6) is 0 Å². The number of hydrogen-bond donors (Lipinski definition) is 1. The highest BCUT2D eigenvalue weighted by Crippen LogP contribution is 2.37. The standard InChI is InChI=1S/C21H18N2O4S/c1-14-12-23(21(24)20-3-2-10-27-20)19-11-17(8-9-18(19)22-14)16-6-4-15(5-7-16)13-28(25)26/h2-11H,12-13H2,1H3,(H,25,26). The Morgan fingerprint density at radius 3 is 2.61 bits per heavy atom. The van der Waals surface area contributed by atoms with Gasteiger partial charge in [-0.15, -0.1) is 0 Å². The Morgan fingerprint density at radius 2 is 1.93 bits per heavy atom. The van der Waals surface area contributed by atoms with Crippen molar-refractivity contribution in [3.05, 3.63) is 72.2 Å². The fourth-order valence-electron chi connectivity index (χ4n) is 3.22. The van der Waals surface area contributed by atoms with E-state index < -0.39 is 11.1 Å². The maximum atomic E-state index is 12.9. The van der Waals surface area contributed by atoms with E-state index >= 15 is 0 Å². The first-order chi connectivity index (χ1) is 13.5. The molecule has 0 fully saturated rings. The zero-order chi connectivity index (χ0) is 19.7. The van der Waals surface area contributed by atoms with Gasteiger partial charge in [-0.05, 0) is 47.9 Å². The average molecular weight is 394 g/mol. The Balaban J connectivity index is 1.70. The predicted molar refractivity (Wildman–Crippen MR) is 110 cm³/mol. The van der Waals surface area contributed by atoms with Crippen LogP contribution in [0.2, 0.25) is 0 Å². The van der Waals surface area contributed by atoms with E-state index in [0.29, 0.717) is 6.54 Å². The van der Waals surface area contributed by atoms with Crippen LogP contribution in [0.4, 0.5) is 11.4 Å². The highest BCUT2D eigenvalue weighted by molar-refractivity contribution is 7.78. The Labute approximate surface area is 164 Å². The Kier molecular flexibility index (Phi) is 4.93. The van der Waals surface area contributed by atoms with E-state index in [9.17, 15) is 9.00 Å². The van der Waals surface area contributed by atoms with E-state index in [1.807, 2.05) is 49.4 Å². The highest BCUT2D eigenvalue weighted by Gasteiger charge is 2.26. The number of amides is 1. The summed E-state index contributed by atoms with van der Waals surface area (Å²) >= 11 is -1.87. The van der Waals surface area contributed by atoms with Gasteiger partial charge in [0.25, 0.3) is 5.91 Å². The topological polar surface area (TPSA) is 83.1 Å². The number of benzene rings is 2. The van der Waals surface area contributed by atoms with Crippen LogP contribution >= 0.6 is 0 Å². The highest BCUT2D eigenvalue weighted by atomic mass is 32.2. The van der Waals surface area contributed by atoms with Gasteiger partial charge >= 0.3 is 0 Å². The molecule has 7 heteroatoms. The molecule has 0 radical (unpaired) electrons. The van der Waals surface area contributed by atoms with Crippen molar-refractivity contribution < 1.29 is 18.0 Å². The predicted octanol–water partition coefficient (Wildman–Crippen LogP) is 4.42. The average Bonchev–Trinajstić information content (AvgIpc) is 3.21. The van der Waals surface area contributed by atoms with Crippen LogP contribution in [0.25, 0.3) is 11.1 Å².